The molecule has 2 aromatic rings. The Morgan fingerprint density at radius 2 is 2.22 bits per heavy atom. The van der Waals surface area contributed by atoms with Crippen LogP contribution in [0, 0.1) is 0 Å². The normalized spacial score (nSPS) is 10.3. The van der Waals surface area contributed by atoms with Crippen molar-refractivity contribution < 1.29 is 9.47 Å². The van der Waals surface area contributed by atoms with Gasteiger partial charge in [-0.2, -0.15) is 0 Å². The Morgan fingerprint density at radius 3 is 2.89 bits per heavy atom. The summed E-state index contributed by atoms with van der Waals surface area (Å²) in [5, 5.41) is 2.88. The molecule has 0 aliphatic carbocycles. The third-order valence-corrected chi connectivity index (χ3v) is 3.25. The Bertz CT molecular complexity index is 486. The van der Waals surface area contributed by atoms with E-state index in [0.717, 1.165) is 28.5 Å². The van der Waals surface area contributed by atoms with E-state index in [-0.39, 0.29) is 0 Å². The minimum atomic E-state index is 0.458. The van der Waals surface area contributed by atoms with Gasteiger partial charge in [0.1, 0.15) is 11.6 Å². The second-order valence-corrected chi connectivity index (χ2v) is 4.72. The lowest BCUT2D eigenvalue weighted by molar-refractivity contribution is 0.283. The highest BCUT2D eigenvalue weighted by Gasteiger charge is 2.06. The van der Waals surface area contributed by atoms with Crippen molar-refractivity contribution in [2.24, 2.45) is 5.73 Å². The van der Waals surface area contributed by atoms with E-state index in [2.05, 4.69) is 4.98 Å². The molecule has 0 amide bonds. The average Bonchev–Trinajstić information content (AvgIpc) is 2.90. The number of thiazole rings is 1. The number of hydrogen-bond donors (Lipinski definition) is 1. The van der Waals surface area contributed by atoms with Crippen molar-refractivity contribution in [2.75, 3.05) is 13.7 Å². The summed E-state index contributed by atoms with van der Waals surface area (Å²) in [6, 6.07) is 5.88. The van der Waals surface area contributed by atoms with Gasteiger partial charge in [-0.15, -0.1) is 11.3 Å². The molecule has 1 heterocycles. The lowest BCUT2D eigenvalue weighted by Crippen LogP contribution is -2.03. The van der Waals surface area contributed by atoms with Crippen molar-refractivity contribution in [3.8, 4) is 11.5 Å². The zero-order valence-corrected chi connectivity index (χ0v) is 11.1. The SMILES string of the molecule is COc1ccc(CCN)cc1OCc1nccs1. The Morgan fingerprint density at radius 1 is 1.33 bits per heavy atom. The molecule has 0 radical (unpaired) electrons. The number of nitrogens with zero attached hydrogens (tertiary/aromatic N) is 1. The molecule has 0 saturated carbocycles. The van der Waals surface area contributed by atoms with Crippen molar-refractivity contribution in [1.29, 1.82) is 0 Å². The monoisotopic (exact) mass is 264 g/mol. The topological polar surface area (TPSA) is 57.4 Å². The maximum absolute atomic E-state index is 5.74. The van der Waals surface area contributed by atoms with Gasteiger partial charge in [-0.1, -0.05) is 6.07 Å². The molecule has 0 atom stereocenters. The van der Waals surface area contributed by atoms with Gasteiger partial charge in [0.15, 0.2) is 11.5 Å². The van der Waals surface area contributed by atoms with Crippen LogP contribution in [0.5, 0.6) is 11.5 Å². The van der Waals surface area contributed by atoms with Crippen LogP contribution in [0.4, 0.5) is 0 Å². The predicted octanol–water partition coefficient (Wildman–Crippen LogP) is 2.23. The van der Waals surface area contributed by atoms with Gasteiger partial charge < -0.3 is 15.2 Å². The predicted molar refractivity (Wildman–Crippen MR) is 72.2 cm³/mol. The molecule has 0 spiro atoms. The summed E-state index contributed by atoms with van der Waals surface area (Å²) in [4.78, 5) is 4.18. The first-order valence-corrected chi connectivity index (χ1v) is 6.59. The molecule has 18 heavy (non-hydrogen) atoms. The van der Waals surface area contributed by atoms with Crippen molar-refractivity contribution >= 4 is 11.3 Å². The molecule has 1 aromatic heterocycles. The Kier molecular flexibility index (Phi) is 4.55. The average molecular weight is 264 g/mol. The fourth-order valence-corrected chi connectivity index (χ4v) is 2.15. The molecule has 0 bridgehead atoms. The molecule has 2 N–H and O–H groups in total. The van der Waals surface area contributed by atoms with E-state index in [1.807, 2.05) is 23.6 Å². The van der Waals surface area contributed by atoms with Crippen LogP contribution in [0.1, 0.15) is 10.6 Å². The number of methoxy groups -OCH3 is 1. The zero-order chi connectivity index (χ0) is 12.8. The summed E-state index contributed by atoms with van der Waals surface area (Å²) in [6.45, 7) is 1.08. The van der Waals surface area contributed by atoms with Crippen LogP contribution in [0.2, 0.25) is 0 Å². The number of aromatic nitrogens is 1. The van der Waals surface area contributed by atoms with Crippen molar-refractivity contribution in [3.05, 3.63) is 40.3 Å². The fourth-order valence-electron chi connectivity index (χ4n) is 1.62. The zero-order valence-electron chi connectivity index (χ0n) is 10.3. The van der Waals surface area contributed by atoms with Crippen LogP contribution in [0.3, 0.4) is 0 Å². The quantitative estimate of drug-likeness (QED) is 0.869. The highest BCUT2D eigenvalue weighted by molar-refractivity contribution is 7.09. The molecular weight excluding hydrogens is 248 g/mol. The molecule has 1 aromatic carbocycles. The highest BCUT2D eigenvalue weighted by atomic mass is 32.1. The van der Waals surface area contributed by atoms with Gasteiger partial charge in [0.25, 0.3) is 0 Å². The Hall–Kier alpha value is -1.59. The van der Waals surface area contributed by atoms with Gasteiger partial charge in [-0.05, 0) is 30.7 Å². The first-order chi connectivity index (χ1) is 8.83. The van der Waals surface area contributed by atoms with E-state index >= 15 is 0 Å². The van der Waals surface area contributed by atoms with E-state index in [1.54, 1.807) is 24.6 Å². The summed E-state index contributed by atoms with van der Waals surface area (Å²) in [5.74, 6) is 1.46. The third-order valence-electron chi connectivity index (χ3n) is 2.50. The van der Waals surface area contributed by atoms with Crippen LogP contribution in [0.25, 0.3) is 0 Å². The number of ether oxygens (including phenoxy) is 2. The highest BCUT2D eigenvalue weighted by Crippen LogP contribution is 2.29. The maximum Gasteiger partial charge on any atom is 0.162 e. The maximum atomic E-state index is 5.74. The minimum Gasteiger partial charge on any atom is -0.493 e. The van der Waals surface area contributed by atoms with Crippen LogP contribution in [-0.2, 0) is 13.0 Å². The van der Waals surface area contributed by atoms with Crippen LogP contribution >= 0.6 is 11.3 Å². The molecule has 0 fully saturated rings. The van der Waals surface area contributed by atoms with Gasteiger partial charge >= 0.3 is 0 Å². The standard InChI is InChI=1S/C13H16N2O2S/c1-16-11-3-2-10(4-5-14)8-12(11)17-9-13-15-6-7-18-13/h2-3,6-8H,4-5,9,14H2,1H3. The van der Waals surface area contributed by atoms with Gasteiger partial charge in [0.2, 0.25) is 0 Å². The van der Waals surface area contributed by atoms with E-state index in [0.29, 0.717) is 13.2 Å². The molecule has 2 rings (SSSR count). The molecule has 5 heteroatoms. The fraction of sp³-hybridized carbons (Fsp3) is 0.308. The molecule has 0 aliphatic rings. The number of rotatable bonds is 6. The molecule has 0 unspecified atom stereocenters. The summed E-state index contributed by atoms with van der Waals surface area (Å²) in [7, 11) is 1.63. The van der Waals surface area contributed by atoms with E-state index < -0.39 is 0 Å². The summed E-state index contributed by atoms with van der Waals surface area (Å²) in [5.41, 5.74) is 6.70. The van der Waals surface area contributed by atoms with Crippen LogP contribution < -0.4 is 15.2 Å². The second kappa shape index (κ2) is 6.37. The molecule has 4 nitrogen and oxygen atoms in total. The van der Waals surface area contributed by atoms with E-state index in [9.17, 15) is 0 Å². The lowest BCUT2D eigenvalue weighted by Gasteiger charge is -2.11. The van der Waals surface area contributed by atoms with Crippen molar-refractivity contribution in [3.63, 3.8) is 0 Å². The number of nitrogens with two attached hydrogens (primary N) is 1. The summed E-state index contributed by atoms with van der Waals surface area (Å²) >= 11 is 1.57. The molecule has 0 saturated heterocycles. The van der Waals surface area contributed by atoms with Gasteiger partial charge in [-0.25, -0.2) is 4.98 Å². The minimum absolute atomic E-state index is 0.458. The molecule has 96 valence electrons. The van der Waals surface area contributed by atoms with Crippen LogP contribution in [-0.4, -0.2) is 18.6 Å². The first-order valence-electron chi connectivity index (χ1n) is 5.71. The molecule has 0 aliphatic heterocycles. The second-order valence-electron chi connectivity index (χ2n) is 3.74. The van der Waals surface area contributed by atoms with Crippen molar-refractivity contribution in [2.45, 2.75) is 13.0 Å². The Labute approximate surface area is 110 Å². The first kappa shape index (κ1) is 12.9. The third kappa shape index (κ3) is 3.21. The molecular formula is C13H16N2O2S. The van der Waals surface area contributed by atoms with Crippen molar-refractivity contribution in [1.82, 2.24) is 4.98 Å². The van der Waals surface area contributed by atoms with Gasteiger partial charge in [-0.3, -0.25) is 0 Å². The lowest BCUT2D eigenvalue weighted by atomic mass is 10.1. The summed E-state index contributed by atoms with van der Waals surface area (Å²) in [6.07, 6.45) is 2.60. The van der Waals surface area contributed by atoms with Gasteiger partial charge in [0, 0.05) is 11.6 Å². The summed E-state index contributed by atoms with van der Waals surface area (Å²) < 4.78 is 11.0. The van der Waals surface area contributed by atoms with E-state index in [4.69, 9.17) is 15.2 Å². The largest absolute Gasteiger partial charge is 0.493 e. The van der Waals surface area contributed by atoms with Crippen LogP contribution in [0.15, 0.2) is 29.8 Å². The Balaban J connectivity index is 2.10. The number of benzene rings is 1. The smallest absolute Gasteiger partial charge is 0.162 e. The van der Waals surface area contributed by atoms with E-state index in [1.165, 1.54) is 0 Å². The van der Waals surface area contributed by atoms with Gasteiger partial charge in [0.05, 0.1) is 7.11 Å². The number of hydrogen-bond acceptors (Lipinski definition) is 5.